The minimum Gasteiger partial charge on any atom is -0.356 e. The largest absolute Gasteiger partial charge is 0.356 e. The Morgan fingerprint density at radius 2 is 2.23 bits per heavy atom. The predicted octanol–water partition coefficient (Wildman–Crippen LogP) is 1.93. The van der Waals surface area contributed by atoms with E-state index >= 15 is 0 Å². The summed E-state index contributed by atoms with van der Waals surface area (Å²) in [4.78, 5) is 11.5. The van der Waals surface area contributed by atoms with Crippen LogP contribution in [0.5, 0.6) is 0 Å². The number of thioether (sulfide) groups is 1. The van der Waals surface area contributed by atoms with Gasteiger partial charge in [-0.15, -0.1) is 10.2 Å². The summed E-state index contributed by atoms with van der Waals surface area (Å²) in [6.45, 7) is 0.776. The molecule has 1 aromatic carbocycles. The number of nitrogens with zero attached hydrogens (tertiary/aromatic N) is 3. The molecule has 1 aromatic heterocycles. The summed E-state index contributed by atoms with van der Waals surface area (Å²) in [5, 5.41) is 12.3. The molecule has 116 valence electrons. The topological polar surface area (TPSA) is 85.8 Å². The van der Waals surface area contributed by atoms with Crippen LogP contribution in [-0.4, -0.2) is 33.1 Å². The maximum absolute atomic E-state index is 11.5. The highest BCUT2D eigenvalue weighted by Gasteiger charge is 2.24. The van der Waals surface area contributed by atoms with Gasteiger partial charge >= 0.3 is 0 Å². The van der Waals surface area contributed by atoms with Gasteiger partial charge in [-0.2, -0.15) is 0 Å². The highest BCUT2D eigenvalue weighted by Crippen LogP contribution is 2.28. The van der Waals surface area contributed by atoms with Crippen molar-refractivity contribution in [3.05, 3.63) is 29.3 Å². The molecule has 1 aliphatic rings. The molecule has 1 fully saturated rings. The number of nitrogens with two attached hydrogens (primary N) is 1. The van der Waals surface area contributed by atoms with Crippen molar-refractivity contribution in [2.45, 2.75) is 18.0 Å². The van der Waals surface area contributed by atoms with Gasteiger partial charge in [0, 0.05) is 23.8 Å². The summed E-state index contributed by atoms with van der Waals surface area (Å²) >= 11 is 7.66. The molecule has 3 rings (SSSR count). The average Bonchev–Trinajstić information content (AvgIpc) is 3.07. The maximum atomic E-state index is 11.5. The standard InChI is InChI=1S/C14H16ClN5OS/c15-11-4-2-1-3-10(11)12-18-19-14(20(12)16)22-8-6-9-5-7-17-13(9)21/h1-4,9H,5-8,16H2,(H,17,21)/t9-/m0/s1. The minimum absolute atomic E-state index is 0.102. The van der Waals surface area contributed by atoms with Crippen molar-refractivity contribution < 1.29 is 4.79 Å². The molecular formula is C14H16ClN5OS. The molecule has 2 heterocycles. The quantitative estimate of drug-likeness (QED) is 0.643. The summed E-state index contributed by atoms with van der Waals surface area (Å²) in [7, 11) is 0. The van der Waals surface area contributed by atoms with Gasteiger partial charge in [0.1, 0.15) is 0 Å². The van der Waals surface area contributed by atoms with E-state index in [0.29, 0.717) is 16.0 Å². The van der Waals surface area contributed by atoms with Crippen LogP contribution in [0.2, 0.25) is 5.02 Å². The highest BCUT2D eigenvalue weighted by atomic mass is 35.5. The Hall–Kier alpha value is -1.73. The van der Waals surface area contributed by atoms with Gasteiger partial charge in [-0.25, -0.2) is 4.68 Å². The summed E-state index contributed by atoms with van der Waals surface area (Å²) in [5.41, 5.74) is 0.751. The number of benzene rings is 1. The van der Waals surface area contributed by atoms with Crippen molar-refractivity contribution in [1.82, 2.24) is 20.2 Å². The SMILES string of the molecule is Nn1c(SCC[C@@H]2CCNC2=O)nnc1-c1ccccc1Cl. The first-order valence-electron chi connectivity index (χ1n) is 7.02. The zero-order valence-electron chi connectivity index (χ0n) is 11.8. The van der Waals surface area contributed by atoms with E-state index in [0.717, 1.165) is 30.7 Å². The molecule has 1 amide bonds. The van der Waals surface area contributed by atoms with Crippen molar-refractivity contribution in [3.8, 4) is 11.4 Å². The average molecular weight is 338 g/mol. The molecule has 0 aliphatic carbocycles. The van der Waals surface area contributed by atoms with E-state index in [2.05, 4.69) is 15.5 Å². The van der Waals surface area contributed by atoms with Crippen molar-refractivity contribution >= 4 is 29.3 Å². The lowest BCUT2D eigenvalue weighted by atomic mass is 10.1. The highest BCUT2D eigenvalue weighted by molar-refractivity contribution is 7.99. The van der Waals surface area contributed by atoms with E-state index in [1.165, 1.54) is 16.4 Å². The molecule has 1 saturated heterocycles. The number of rotatable bonds is 5. The second-order valence-electron chi connectivity index (χ2n) is 5.07. The summed E-state index contributed by atoms with van der Waals surface area (Å²) in [5.74, 6) is 7.61. The van der Waals surface area contributed by atoms with E-state index in [1.54, 1.807) is 6.07 Å². The fourth-order valence-electron chi connectivity index (χ4n) is 2.41. The summed E-state index contributed by atoms with van der Waals surface area (Å²) < 4.78 is 1.45. The number of hydrogen-bond acceptors (Lipinski definition) is 5. The number of carbonyl (C=O) groups excluding carboxylic acids is 1. The predicted molar refractivity (Wildman–Crippen MR) is 87.1 cm³/mol. The number of aromatic nitrogens is 3. The lowest BCUT2D eigenvalue weighted by molar-refractivity contribution is -0.122. The van der Waals surface area contributed by atoms with E-state index in [1.807, 2.05) is 18.2 Å². The van der Waals surface area contributed by atoms with Crippen LogP contribution in [0.25, 0.3) is 11.4 Å². The van der Waals surface area contributed by atoms with Crippen molar-refractivity contribution in [2.24, 2.45) is 5.92 Å². The summed E-state index contributed by atoms with van der Waals surface area (Å²) in [6.07, 6.45) is 1.71. The van der Waals surface area contributed by atoms with Crippen molar-refractivity contribution in [1.29, 1.82) is 0 Å². The first-order chi connectivity index (χ1) is 10.7. The normalized spacial score (nSPS) is 17.7. The van der Waals surface area contributed by atoms with Gasteiger partial charge in [0.15, 0.2) is 5.82 Å². The van der Waals surface area contributed by atoms with E-state index in [9.17, 15) is 4.79 Å². The van der Waals surface area contributed by atoms with E-state index in [4.69, 9.17) is 17.4 Å². The number of nitrogens with one attached hydrogen (secondary N) is 1. The molecule has 2 aromatic rings. The van der Waals surface area contributed by atoms with Gasteiger partial charge in [0.05, 0.1) is 5.02 Å². The van der Waals surface area contributed by atoms with Crippen LogP contribution < -0.4 is 11.2 Å². The molecule has 6 nitrogen and oxygen atoms in total. The third-order valence-electron chi connectivity index (χ3n) is 3.64. The molecule has 1 aliphatic heterocycles. The molecule has 0 radical (unpaired) electrons. The van der Waals surface area contributed by atoms with Crippen LogP contribution in [0.1, 0.15) is 12.8 Å². The third-order valence-corrected chi connectivity index (χ3v) is 4.95. The molecular weight excluding hydrogens is 322 g/mol. The lowest BCUT2D eigenvalue weighted by Crippen LogP contribution is -2.19. The van der Waals surface area contributed by atoms with Gasteiger partial charge in [-0.3, -0.25) is 4.79 Å². The second-order valence-corrected chi connectivity index (χ2v) is 6.54. The Labute approximate surface area is 137 Å². The van der Waals surface area contributed by atoms with Crippen LogP contribution >= 0.6 is 23.4 Å². The minimum atomic E-state index is 0.102. The summed E-state index contributed by atoms with van der Waals surface area (Å²) in [6, 6.07) is 7.37. The Morgan fingerprint density at radius 1 is 1.41 bits per heavy atom. The molecule has 0 saturated carbocycles. The van der Waals surface area contributed by atoms with Crippen LogP contribution in [0.3, 0.4) is 0 Å². The number of halogens is 1. The molecule has 0 spiro atoms. The third kappa shape index (κ3) is 3.05. The van der Waals surface area contributed by atoms with Gasteiger partial charge in [-0.05, 0) is 25.0 Å². The smallest absolute Gasteiger partial charge is 0.223 e. The monoisotopic (exact) mass is 337 g/mol. The second kappa shape index (κ2) is 6.58. The molecule has 3 N–H and O–H groups in total. The van der Waals surface area contributed by atoms with Crippen molar-refractivity contribution in [3.63, 3.8) is 0 Å². The van der Waals surface area contributed by atoms with E-state index in [-0.39, 0.29) is 11.8 Å². The number of amides is 1. The zero-order valence-corrected chi connectivity index (χ0v) is 13.4. The number of hydrogen-bond donors (Lipinski definition) is 2. The molecule has 0 bridgehead atoms. The number of nitrogen functional groups attached to an aromatic ring is 1. The van der Waals surface area contributed by atoms with Crippen LogP contribution in [0.4, 0.5) is 0 Å². The fourth-order valence-corrected chi connectivity index (χ4v) is 3.54. The van der Waals surface area contributed by atoms with E-state index < -0.39 is 0 Å². The van der Waals surface area contributed by atoms with Crippen LogP contribution in [0.15, 0.2) is 29.4 Å². The van der Waals surface area contributed by atoms with Gasteiger partial charge in [0.25, 0.3) is 0 Å². The van der Waals surface area contributed by atoms with Gasteiger partial charge < -0.3 is 11.2 Å². The Balaban J connectivity index is 1.66. The first-order valence-corrected chi connectivity index (χ1v) is 8.39. The fraction of sp³-hybridized carbons (Fsp3) is 0.357. The molecule has 8 heteroatoms. The van der Waals surface area contributed by atoms with Crippen molar-refractivity contribution in [2.75, 3.05) is 18.1 Å². The molecule has 1 atom stereocenters. The Bertz CT molecular complexity index is 690. The zero-order chi connectivity index (χ0) is 15.5. The first kappa shape index (κ1) is 15.2. The Kier molecular flexibility index (Phi) is 4.54. The van der Waals surface area contributed by atoms with Gasteiger partial charge in [0.2, 0.25) is 11.1 Å². The molecule has 0 unspecified atom stereocenters. The van der Waals surface area contributed by atoms with Gasteiger partial charge in [-0.1, -0.05) is 35.5 Å². The molecule has 22 heavy (non-hydrogen) atoms. The maximum Gasteiger partial charge on any atom is 0.223 e. The Morgan fingerprint density at radius 3 is 2.95 bits per heavy atom. The van der Waals surface area contributed by atoms with Crippen LogP contribution in [0, 0.1) is 5.92 Å². The van der Waals surface area contributed by atoms with Crippen LogP contribution in [-0.2, 0) is 4.79 Å². The lowest BCUT2D eigenvalue weighted by Gasteiger charge is -2.07. The number of carbonyl (C=O) groups is 1.